The Kier molecular flexibility index (Phi) is 14.5. The van der Waals surface area contributed by atoms with E-state index in [0.717, 1.165) is 11.1 Å². The molecule has 1 aliphatic heterocycles. The lowest BCUT2D eigenvalue weighted by Gasteiger charge is -2.33. The minimum absolute atomic E-state index is 0.0315. The summed E-state index contributed by atoms with van der Waals surface area (Å²) in [6.07, 6.45) is 2.13. The number of esters is 1. The second-order valence-electron chi connectivity index (χ2n) is 14.1. The molecule has 2 aromatic carbocycles. The number of carbonyl (C=O) groups excluding carboxylic acids is 5. The molecule has 0 radical (unpaired) electrons. The first-order chi connectivity index (χ1) is 23.2. The summed E-state index contributed by atoms with van der Waals surface area (Å²) in [5.41, 5.74) is 18.0. The molecule has 0 saturated carbocycles. The molecule has 3 rings (SSSR count). The van der Waals surface area contributed by atoms with Gasteiger partial charge in [0.25, 0.3) is 0 Å². The van der Waals surface area contributed by atoms with Gasteiger partial charge in [-0.3, -0.25) is 19.2 Å². The molecule has 1 fully saturated rings. The Balaban J connectivity index is 1.80. The van der Waals surface area contributed by atoms with Crippen molar-refractivity contribution in [1.82, 2.24) is 15.5 Å². The normalized spacial score (nSPS) is 18.6. The van der Waals surface area contributed by atoms with Crippen molar-refractivity contribution in [3.63, 3.8) is 0 Å². The fourth-order valence-electron chi connectivity index (χ4n) is 6.10. The van der Waals surface area contributed by atoms with E-state index < -0.39 is 52.8 Å². The van der Waals surface area contributed by atoms with Crippen LogP contribution >= 0.6 is 0 Å². The first kappa shape index (κ1) is 39.3. The standard InChI is InChI=1S/C37H54N6O6/c1-36(2,3)27(32(45)41-29(17-11-12-19-38)34(47)43-20-18-37(40,24-43)35(48)49-4)23-31(44)30(22-26-15-9-6-10-16-26)42-33(46)28(39)21-25-13-7-5-8-14-25/h5-10,13-16,27-30H,11-12,17-24,38-40H2,1-4H3,(H,41,45)(H,42,46)/t27-,28+,29+,30+,37?/m0/s1. The van der Waals surface area contributed by atoms with Gasteiger partial charge in [0.05, 0.1) is 19.2 Å². The number of hydrogen-bond donors (Lipinski definition) is 5. The minimum Gasteiger partial charge on any atom is -0.468 e. The number of likely N-dealkylation sites (tertiary alicyclic amines) is 1. The Morgan fingerprint density at radius 1 is 0.878 bits per heavy atom. The van der Waals surface area contributed by atoms with E-state index in [1.807, 2.05) is 81.4 Å². The van der Waals surface area contributed by atoms with Gasteiger partial charge < -0.3 is 37.5 Å². The van der Waals surface area contributed by atoms with Crippen molar-refractivity contribution < 1.29 is 28.7 Å². The van der Waals surface area contributed by atoms with Gasteiger partial charge in [0, 0.05) is 25.4 Å². The second kappa shape index (κ2) is 18.0. The number of rotatable bonds is 17. The third-order valence-corrected chi connectivity index (χ3v) is 9.16. The summed E-state index contributed by atoms with van der Waals surface area (Å²) in [4.78, 5) is 68.9. The Morgan fingerprint density at radius 2 is 1.45 bits per heavy atom. The van der Waals surface area contributed by atoms with Gasteiger partial charge in [0.15, 0.2) is 5.78 Å². The van der Waals surface area contributed by atoms with Gasteiger partial charge in [0.1, 0.15) is 11.6 Å². The van der Waals surface area contributed by atoms with Crippen molar-refractivity contribution >= 4 is 29.5 Å². The molecule has 1 saturated heterocycles. The van der Waals surface area contributed by atoms with E-state index in [4.69, 9.17) is 21.9 Å². The Labute approximate surface area is 289 Å². The molecule has 1 heterocycles. The summed E-state index contributed by atoms with van der Waals surface area (Å²) in [5, 5.41) is 5.79. The fourth-order valence-corrected chi connectivity index (χ4v) is 6.10. The zero-order valence-electron chi connectivity index (χ0n) is 29.3. The van der Waals surface area contributed by atoms with Crippen molar-refractivity contribution in [2.45, 2.75) is 89.4 Å². The lowest BCUT2D eigenvalue weighted by Crippen LogP contribution is -2.55. The van der Waals surface area contributed by atoms with Crippen LogP contribution < -0.4 is 27.8 Å². The van der Waals surface area contributed by atoms with Crippen LogP contribution in [-0.2, 0) is 41.6 Å². The topological polar surface area (TPSA) is 200 Å². The highest BCUT2D eigenvalue weighted by molar-refractivity contribution is 5.95. The van der Waals surface area contributed by atoms with Crippen LogP contribution in [0.2, 0.25) is 0 Å². The van der Waals surface area contributed by atoms with Crippen molar-refractivity contribution in [2.24, 2.45) is 28.5 Å². The molecule has 0 aliphatic carbocycles. The lowest BCUT2D eigenvalue weighted by atomic mass is 9.76. The number of ketones is 1. The summed E-state index contributed by atoms with van der Waals surface area (Å²) in [6.45, 7) is 6.20. The number of carbonyl (C=O) groups is 5. The van der Waals surface area contributed by atoms with Gasteiger partial charge in [-0.1, -0.05) is 81.4 Å². The quantitative estimate of drug-likeness (QED) is 0.122. The highest BCUT2D eigenvalue weighted by Crippen LogP contribution is 2.31. The average Bonchev–Trinajstić information content (AvgIpc) is 3.48. The van der Waals surface area contributed by atoms with Gasteiger partial charge in [-0.05, 0) is 61.6 Å². The van der Waals surface area contributed by atoms with E-state index in [1.54, 1.807) is 0 Å². The molecule has 49 heavy (non-hydrogen) atoms. The predicted molar refractivity (Wildman–Crippen MR) is 188 cm³/mol. The number of ether oxygens (including phenoxy) is 1. The lowest BCUT2D eigenvalue weighted by molar-refractivity contribution is -0.147. The maximum atomic E-state index is 14.0. The van der Waals surface area contributed by atoms with E-state index in [-0.39, 0.29) is 44.0 Å². The molecule has 5 atom stereocenters. The maximum Gasteiger partial charge on any atom is 0.327 e. The smallest absolute Gasteiger partial charge is 0.327 e. The van der Waals surface area contributed by atoms with Crippen molar-refractivity contribution in [1.29, 1.82) is 0 Å². The number of nitrogens with zero attached hydrogens (tertiary/aromatic N) is 1. The molecule has 0 spiro atoms. The number of hydrogen-bond acceptors (Lipinski definition) is 9. The molecule has 8 N–H and O–H groups in total. The fraction of sp³-hybridized carbons (Fsp3) is 0.541. The molecule has 268 valence electrons. The van der Waals surface area contributed by atoms with E-state index in [2.05, 4.69) is 10.6 Å². The molecule has 0 bridgehead atoms. The van der Waals surface area contributed by atoms with Crippen molar-refractivity contribution in [3.05, 3.63) is 71.8 Å². The van der Waals surface area contributed by atoms with E-state index in [1.165, 1.54) is 12.0 Å². The Bertz CT molecular complexity index is 1420. The molecule has 12 nitrogen and oxygen atoms in total. The molecule has 3 amide bonds. The zero-order chi connectivity index (χ0) is 36.2. The first-order valence-corrected chi connectivity index (χ1v) is 17.0. The Morgan fingerprint density at radius 3 is 2.00 bits per heavy atom. The highest BCUT2D eigenvalue weighted by atomic mass is 16.5. The summed E-state index contributed by atoms with van der Waals surface area (Å²) in [6, 6.07) is 16.0. The van der Waals surface area contributed by atoms with E-state index in [9.17, 15) is 24.0 Å². The number of nitrogens with one attached hydrogen (secondary N) is 2. The number of amides is 3. The monoisotopic (exact) mass is 678 g/mol. The van der Waals surface area contributed by atoms with Crippen LogP contribution in [0, 0.1) is 11.3 Å². The number of methoxy groups -OCH3 is 1. The zero-order valence-corrected chi connectivity index (χ0v) is 29.3. The van der Waals surface area contributed by atoms with Crippen LogP contribution in [0.5, 0.6) is 0 Å². The van der Waals surface area contributed by atoms with Crippen molar-refractivity contribution in [2.75, 3.05) is 26.7 Å². The average molecular weight is 679 g/mol. The SMILES string of the molecule is COC(=O)C1(N)CCN(C(=O)[C@@H](CCCCN)NC(=O)[C@H](CC(=O)[C@@H](Cc2ccccc2)NC(=O)[C@H](N)Cc2ccccc2)C(C)(C)C)C1. The van der Waals surface area contributed by atoms with Crippen LogP contribution in [0.15, 0.2) is 60.7 Å². The van der Waals surface area contributed by atoms with Crippen LogP contribution in [0.3, 0.4) is 0 Å². The number of unbranched alkanes of at least 4 members (excludes halogenated alkanes) is 1. The first-order valence-electron chi connectivity index (χ1n) is 17.0. The Hall–Kier alpha value is -4.13. The number of nitrogens with two attached hydrogens (primary N) is 3. The van der Waals surface area contributed by atoms with Crippen LogP contribution in [0.25, 0.3) is 0 Å². The third-order valence-electron chi connectivity index (χ3n) is 9.16. The van der Waals surface area contributed by atoms with Crippen molar-refractivity contribution in [3.8, 4) is 0 Å². The van der Waals surface area contributed by atoms with Gasteiger partial charge in [-0.15, -0.1) is 0 Å². The van der Waals surface area contributed by atoms with Gasteiger partial charge in [-0.25, -0.2) is 4.79 Å². The van der Waals surface area contributed by atoms with E-state index in [0.29, 0.717) is 32.2 Å². The van der Waals surface area contributed by atoms with Crippen LogP contribution in [0.1, 0.15) is 64.0 Å². The summed E-state index contributed by atoms with van der Waals surface area (Å²) >= 11 is 0. The largest absolute Gasteiger partial charge is 0.468 e. The molecule has 1 unspecified atom stereocenters. The predicted octanol–water partition coefficient (Wildman–Crippen LogP) is 1.62. The molecule has 0 aromatic heterocycles. The number of Topliss-reactive ketones (excluding diaryl/α,β-unsaturated/α-hetero) is 1. The van der Waals surface area contributed by atoms with Gasteiger partial charge in [-0.2, -0.15) is 0 Å². The second-order valence-corrected chi connectivity index (χ2v) is 14.1. The molecule has 12 heteroatoms. The van der Waals surface area contributed by atoms with E-state index >= 15 is 0 Å². The van der Waals surface area contributed by atoms with Gasteiger partial charge in [0.2, 0.25) is 17.7 Å². The number of benzene rings is 2. The molecule has 2 aromatic rings. The van der Waals surface area contributed by atoms with Crippen LogP contribution in [-0.4, -0.2) is 84.8 Å². The summed E-state index contributed by atoms with van der Waals surface area (Å²) in [5.74, 6) is -3.04. The highest BCUT2D eigenvalue weighted by Gasteiger charge is 2.45. The molecular formula is C37H54N6O6. The maximum absolute atomic E-state index is 14.0. The van der Waals surface area contributed by atoms with Gasteiger partial charge >= 0.3 is 5.97 Å². The summed E-state index contributed by atoms with van der Waals surface area (Å²) in [7, 11) is 1.25. The van der Waals surface area contributed by atoms with Crippen LogP contribution in [0.4, 0.5) is 0 Å². The minimum atomic E-state index is -1.32. The molecular weight excluding hydrogens is 624 g/mol. The summed E-state index contributed by atoms with van der Waals surface area (Å²) < 4.78 is 4.85. The molecule has 1 aliphatic rings. The third kappa shape index (κ3) is 11.5.